The first-order valence-electron chi connectivity index (χ1n) is 8.18. The van der Waals surface area contributed by atoms with E-state index in [1.165, 1.54) is 19.3 Å². The van der Waals surface area contributed by atoms with Crippen LogP contribution < -0.4 is 9.47 Å². The highest BCUT2D eigenvalue weighted by atomic mass is 16.5. The van der Waals surface area contributed by atoms with Gasteiger partial charge in [0.25, 0.3) is 0 Å². The molecule has 1 aliphatic carbocycles. The molecule has 1 fully saturated rings. The third-order valence-corrected chi connectivity index (χ3v) is 4.54. The van der Waals surface area contributed by atoms with Crippen LogP contribution in [0.3, 0.4) is 0 Å². The van der Waals surface area contributed by atoms with Crippen LogP contribution in [0.2, 0.25) is 0 Å². The molecule has 2 rings (SSSR count). The van der Waals surface area contributed by atoms with Gasteiger partial charge in [0.1, 0.15) is 0 Å². The van der Waals surface area contributed by atoms with Crippen molar-refractivity contribution < 1.29 is 14.6 Å². The Morgan fingerprint density at radius 3 is 2.29 bits per heavy atom. The highest BCUT2D eigenvalue weighted by Crippen LogP contribution is 2.46. The van der Waals surface area contributed by atoms with Crippen LogP contribution in [-0.4, -0.2) is 18.3 Å². The lowest BCUT2D eigenvalue weighted by atomic mass is 9.70. The van der Waals surface area contributed by atoms with E-state index in [9.17, 15) is 5.11 Å². The van der Waals surface area contributed by atoms with Crippen LogP contribution >= 0.6 is 0 Å². The van der Waals surface area contributed by atoms with E-state index in [1.807, 2.05) is 32.0 Å². The first-order chi connectivity index (χ1) is 10.1. The van der Waals surface area contributed by atoms with E-state index in [1.54, 1.807) is 0 Å². The molecule has 0 amide bonds. The highest BCUT2D eigenvalue weighted by Gasteiger charge is 2.35. The molecule has 3 heteroatoms. The normalized spacial score (nSPS) is 19.0. The third kappa shape index (κ3) is 3.70. The quantitative estimate of drug-likeness (QED) is 0.839. The van der Waals surface area contributed by atoms with Crippen molar-refractivity contribution in [3.8, 4) is 11.5 Å². The van der Waals surface area contributed by atoms with Gasteiger partial charge in [0.05, 0.1) is 19.3 Å². The lowest BCUT2D eigenvalue weighted by molar-refractivity contribution is 0.00800. The van der Waals surface area contributed by atoms with Crippen LogP contribution in [0.5, 0.6) is 11.5 Å². The SMILES string of the molecule is CCOc1ccc(C(O)C2(C)CCCCC2)cc1OCC. The Morgan fingerprint density at radius 2 is 1.67 bits per heavy atom. The molecule has 1 unspecified atom stereocenters. The first-order valence-corrected chi connectivity index (χ1v) is 8.18. The molecule has 0 aliphatic heterocycles. The number of benzene rings is 1. The molecule has 1 aromatic carbocycles. The fourth-order valence-electron chi connectivity index (χ4n) is 3.27. The van der Waals surface area contributed by atoms with E-state index < -0.39 is 6.10 Å². The predicted molar refractivity (Wildman–Crippen MR) is 84.9 cm³/mol. The van der Waals surface area contributed by atoms with Crippen molar-refractivity contribution in [3.63, 3.8) is 0 Å². The second kappa shape index (κ2) is 7.17. The Hall–Kier alpha value is -1.22. The number of aliphatic hydroxyl groups is 1. The molecule has 1 aromatic rings. The minimum atomic E-state index is -0.437. The van der Waals surface area contributed by atoms with Crippen LogP contribution in [0.1, 0.15) is 64.5 Å². The van der Waals surface area contributed by atoms with Crippen molar-refractivity contribution >= 4 is 0 Å². The third-order valence-electron chi connectivity index (χ3n) is 4.54. The van der Waals surface area contributed by atoms with Gasteiger partial charge in [-0.3, -0.25) is 0 Å². The zero-order chi connectivity index (χ0) is 15.3. The number of hydrogen-bond acceptors (Lipinski definition) is 3. The fourth-order valence-corrected chi connectivity index (χ4v) is 3.27. The van der Waals surface area contributed by atoms with E-state index in [-0.39, 0.29) is 5.41 Å². The van der Waals surface area contributed by atoms with Crippen molar-refractivity contribution in [1.82, 2.24) is 0 Å². The van der Waals surface area contributed by atoms with Gasteiger partial charge in [0.2, 0.25) is 0 Å². The molecular weight excluding hydrogens is 264 g/mol. The number of rotatable bonds is 6. The van der Waals surface area contributed by atoms with Gasteiger partial charge >= 0.3 is 0 Å². The van der Waals surface area contributed by atoms with Gasteiger partial charge in [-0.2, -0.15) is 0 Å². The monoisotopic (exact) mass is 292 g/mol. The molecule has 0 heterocycles. The lowest BCUT2D eigenvalue weighted by Crippen LogP contribution is -2.28. The van der Waals surface area contributed by atoms with Crippen LogP contribution in [0.25, 0.3) is 0 Å². The summed E-state index contributed by atoms with van der Waals surface area (Å²) in [6.07, 6.45) is 5.45. The van der Waals surface area contributed by atoms with Crippen molar-refractivity contribution in [3.05, 3.63) is 23.8 Å². The molecule has 3 nitrogen and oxygen atoms in total. The molecule has 0 aromatic heterocycles. The fraction of sp³-hybridized carbons (Fsp3) is 0.667. The average molecular weight is 292 g/mol. The second-order valence-corrected chi connectivity index (χ2v) is 6.19. The van der Waals surface area contributed by atoms with Crippen molar-refractivity contribution in [1.29, 1.82) is 0 Å². The second-order valence-electron chi connectivity index (χ2n) is 6.19. The molecule has 1 aliphatic rings. The summed E-state index contributed by atoms with van der Waals surface area (Å²) in [6.45, 7) is 7.33. The Bertz CT molecular complexity index is 450. The highest BCUT2D eigenvalue weighted by molar-refractivity contribution is 5.44. The van der Waals surface area contributed by atoms with Crippen LogP contribution in [-0.2, 0) is 0 Å². The Morgan fingerprint density at radius 1 is 1.05 bits per heavy atom. The van der Waals surface area contributed by atoms with E-state index in [2.05, 4.69) is 6.92 Å². The molecule has 118 valence electrons. The van der Waals surface area contributed by atoms with Crippen LogP contribution in [0, 0.1) is 5.41 Å². The minimum absolute atomic E-state index is 0.0190. The summed E-state index contributed by atoms with van der Waals surface area (Å²) < 4.78 is 11.3. The first kappa shape index (κ1) is 16.2. The van der Waals surface area contributed by atoms with Gasteiger partial charge in [0, 0.05) is 0 Å². The molecule has 1 saturated carbocycles. The van der Waals surface area contributed by atoms with Crippen LogP contribution in [0.4, 0.5) is 0 Å². The van der Waals surface area contributed by atoms with Gasteiger partial charge in [-0.15, -0.1) is 0 Å². The van der Waals surface area contributed by atoms with E-state index in [4.69, 9.17) is 9.47 Å². The summed E-state index contributed by atoms with van der Waals surface area (Å²) in [5, 5.41) is 10.8. The smallest absolute Gasteiger partial charge is 0.161 e. The summed E-state index contributed by atoms with van der Waals surface area (Å²) in [4.78, 5) is 0. The van der Waals surface area contributed by atoms with Gasteiger partial charge < -0.3 is 14.6 Å². The standard InChI is InChI=1S/C18H28O3/c1-4-20-15-10-9-14(13-16(15)21-5-2)17(19)18(3)11-7-6-8-12-18/h9-10,13,17,19H,4-8,11-12H2,1-3H3. The number of aliphatic hydroxyl groups excluding tert-OH is 1. The molecule has 0 bridgehead atoms. The van der Waals surface area contributed by atoms with Crippen molar-refractivity contribution in [2.45, 2.75) is 59.0 Å². The number of ether oxygens (including phenoxy) is 2. The summed E-state index contributed by atoms with van der Waals surface area (Å²) in [5.41, 5.74) is 0.917. The van der Waals surface area contributed by atoms with Crippen molar-refractivity contribution in [2.75, 3.05) is 13.2 Å². The molecule has 21 heavy (non-hydrogen) atoms. The average Bonchev–Trinajstić information content (AvgIpc) is 2.49. The summed E-state index contributed by atoms with van der Waals surface area (Å²) >= 11 is 0. The van der Waals surface area contributed by atoms with Crippen LogP contribution in [0.15, 0.2) is 18.2 Å². The minimum Gasteiger partial charge on any atom is -0.490 e. The predicted octanol–water partition coefficient (Wildman–Crippen LogP) is 4.49. The molecule has 1 N–H and O–H groups in total. The topological polar surface area (TPSA) is 38.7 Å². The van der Waals surface area contributed by atoms with Gasteiger partial charge in [0.15, 0.2) is 11.5 Å². The van der Waals surface area contributed by atoms with E-state index >= 15 is 0 Å². The van der Waals surface area contributed by atoms with E-state index in [0.717, 1.165) is 29.9 Å². The maximum Gasteiger partial charge on any atom is 0.161 e. The lowest BCUT2D eigenvalue weighted by Gasteiger charge is -2.38. The maximum absolute atomic E-state index is 10.8. The Balaban J connectivity index is 2.24. The number of hydrogen-bond donors (Lipinski definition) is 1. The largest absolute Gasteiger partial charge is 0.490 e. The van der Waals surface area contributed by atoms with E-state index in [0.29, 0.717) is 13.2 Å². The summed E-state index contributed by atoms with van der Waals surface area (Å²) in [6, 6.07) is 5.83. The summed E-state index contributed by atoms with van der Waals surface area (Å²) in [5.74, 6) is 1.49. The van der Waals surface area contributed by atoms with Crippen molar-refractivity contribution in [2.24, 2.45) is 5.41 Å². The van der Waals surface area contributed by atoms with Gasteiger partial charge in [-0.25, -0.2) is 0 Å². The Kier molecular flexibility index (Phi) is 5.51. The molecular formula is C18H28O3. The zero-order valence-electron chi connectivity index (χ0n) is 13.5. The summed E-state index contributed by atoms with van der Waals surface area (Å²) in [7, 11) is 0. The molecule has 0 spiro atoms. The maximum atomic E-state index is 10.8. The zero-order valence-corrected chi connectivity index (χ0v) is 13.5. The molecule has 1 atom stereocenters. The Labute approximate surface area is 128 Å². The molecule has 0 saturated heterocycles. The van der Waals surface area contributed by atoms with Gasteiger partial charge in [-0.05, 0) is 49.8 Å². The molecule has 0 radical (unpaired) electrons. The van der Waals surface area contributed by atoms with Gasteiger partial charge in [-0.1, -0.05) is 32.3 Å².